The van der Waals surface area contributed by atoms with Crippen LogP contribution in [0.1, 0.15) is 27.7 Å². The molecular weight excluding hydrogens is 272 g/mol. The van der Waals surface area contributed by atoms with Gasteiger partial charge in [-0.25, -0.2) is 0 Å². The van der Waals surface area contributed by atoms with Gasteiger partial charge in [0.25, 0.3) is 0 Å². The highest BCUT2D eigenvalue weighted by Gasteiger charge is 2.33. The summed E-state index contributed by atoms with van der Waals surface area (Å²) in [5.41, 5.74) is -0.798. The molecule has 0 aromatic carbocycles. The summed E-state index contributed by atoms with van der Waals surface area (Å²) >= 11 is 0. The van der Waals surface area contributed by atoms with Crippen molar-refractivity contribution in [3.8, 4) is 0 Å². The van der Waals surface area contributed by atoms with E-state index >= 15 is 0 Å². The molecule has 0 aromatic rings. The number of allylic oxidation sites excluding steroid dienone is 3. The average Bonchev–Trinajstić information content (AvgIpc) is 2.57. The van der Waals surface area contributed by atoms with Crippen LogP contribution in [0.15, 0.2) is 48.2 Å². The van der Waals surface area contributed by atoms with Crippen LogP contribution < -0.4 is 0 Å². The molecule has 1 heterocycles. The molecule has 0 atom stereocenters. The number of hydrogen-bond acceptors (Lipinski definition) is 5. The molecule has 5 nitrogen and oxygen atoms in total. The minimum Gasteiger partial charge on any atom is -0.490 e. The molecule has 0 fully saturated rings. The van der Waals surface area contributed by atoms with Gasteiger partial charge in [-0.05, 0) is 32.9 Å². The van der Waals surface area contributed by atoms with Crippen molar-refractivity contribution in [1.29, 1.82) is 0 Å². The van der Waals surface area contributed by atoms with Crippen molar-refractivity contribution < 1.29 is 23.8 Å². The third-order valence-corrected chi connectivity index (χ3v) is 2.56. The van der Waals surface area contributed by atoms with Gasteiger partial charge in [-0.1, -0.05) is 6.58 Å². The Kier molecular flexibility index (Phi) is 5.52. The Hall–Kier alpha value is -2.30. The van der Waals surface area contributed by atoms with Gasteiger partial charge in [0.2, 0.25) is 5.78 Å². The van der Waals surface area contributed by atoms with Crippen molar-refractivity contribution in [2.24, 2.45) is 0 Å². The average molecular weight is 292 g/mol. The van der Waals surface area contributed by atoms with Gasteiger partial charge in [0.15, 0.2) is 5.60 Å². The van der Waals surface area contributed by atoms with Crippen molar-refractivity contribution in [2.75, 3.05) is 6.61 Å². The topological polar surface area (TPSA) is 61.8 Å². The highest BCUT2D eigenvalue weighted by molar-refractivity contribution is 5.99. The summed E-state index contributed by atoms with van der Waals surface area (Å²) < 4.78 is 15.6. The lowest BCUT2D eigenvalue weighted by molar-refractivity contribution is -0.136. The SMILES string of the molecule is C=C(/C=C(\C)OC(C)=O)OC/C=C/C1=CC(=O)C(C)(C)O1. The quantitative estimate of drug-likeness (QED) is 0.428. The van der Waals surface area contributed by atoms with Crippen LogP contribution in [0.3, 0.4) is 0 Å². The maximum absolute atomic E-state index is 11.5. The van der Waals surface area contributed by atoms with E-state index in [1.54, 1.807) is 32.9 Å². The summed E-state index contributed by atoms with van der Waals surface area (Å²) in [6.07, 6.45) is 6.35. The smallest absolute Gasteiger partial charge is 0.307 e. The number of ether oxygens (including phenoxy) is 3. The fraction of sp³-hybridized carbons (Fsp3) is 0.375. The molecule has 1 rings (SSSR count). The first-order valence-corrected chi connectivity index (χ1v) is 6.51. The molecule has 21 heavy (non-hydrogen) atoms. The van der Waals surface area contributed by atoms with Crippen LogP contribution in [0.4, 0.5) is 0 Å². The van der Waals surface area contributed by atoms with E-state index in [2.05, 4.69) is 6.58 Å². The van der Waals surface area contributed by atoms with E-state index in [0.717, 1.165) is 0 Å². The number of ketones is 1. The molecule has 0 spiro atoms. The van der Waals surface area contributed by atoms with Gasteiger partial charge in [-0.2, -0.15) is 0 Å². The monoisotopic (exact) mass is 292 g/mol. The predicted molar refractivity (Wildman–Crippen MR) is 78.0 cm³/mol. The van der Waals surface area contributed by atoms with Crippen molar-refractivity contribution in [1.82, 2.24) is 0 Å². The van der Waals surface area contributed by atoms with Crippen LogP contribution in [0.5, 0.6) is 0 Å². The van der Waals surface area contributed by atoms with E-state index < -0.39 is 11.6 Å². The third-order valence-electron chi connectivity index (χ3n) is 2.56. The highest BCUT2D eigenvalue weighted by Crippen LogP contribution is 2.24. The summed E-state index contributed by atoms with van der Waals surface area (Å²) in [5.74, 6) is 0.828. The Bertz CT molecular complexity index is 535. The molecular formula is C16H20O5. The van der Waals surface area contributed by atoms with Gasteiger partial charge in [0, 0.05) is 19.1 Å². The van der Waals surface area contributed by atoms with Gasteiger partial charge < -0.3 is 14.2 Å². The lowest BCUT2D eigenvalue weighted by Crippen LogP contribution is -2.27. The predicted octanol–water partition coefficient (Wildman–Crippen LogP) is 2.80. The van der Waals surface area contributed by atoms with Crippen molar-refractivity contribution >= 4 is 11.8 Å². The number of carbonyl (C=O) groups excluding carboxylic acids is 2. The lowest BCUT2D eigenvalue weighted by atomic mass is 10.1. The van der Waals surface area contributed by atoms with Crippen LogP contribution in [-0.4, -0.2) is 24.0 Å². The second-order valence-electron chi connectivity index (χ2n) is 5.05. The number of rotatable bonds is 6. The van der Waals surface area contributed by atoms with Crippen molar-refractivity contribution in [3.63, 3.8) is 0 Å². The maximum atomic E-state index is 11.5. The second kappa shape index (κ2) is 6.92. The Morgan fingerprint density at radius 3 is 2.62 bits per heavy atom. The molecule has 0 bridgehead atoms. The van der Waals surface area contributed by atoms with E-state index in [1.165, 1.54) is 19.1 Å². The first-order chi connectivity index (χ1) is 9.70. The van der Waals surface area contributed by atoms with Gasteiger partial charge in [0.05, 0.1) is 0 Å². The molecule has 0 N–H and O–H groups in total. The van der Waals surface area contributed by atoms with Gasteiger partial charge in [0.1, 0.15) is 23.9 Å². The summed E-state index contributed by atoms with van der Waals surface area (Å²) in [6.45, 7) is 10.3. The van der Waals surface area contributed by atoms with Gasteiger partial charge >= 0.3 is 5.97 Å². The zero-order valence-corrected chi connectivity index (χ0v) is 12.8. The Morgan fingerprint density at radius 1 is 1.43 bits per heavy atom. The van der Waals surface area contributed by atoms with Crippen molar-refractivity contribution in [2.45, 2.75) is 33.3 Å². The fourth-order valence-corrected chi connectivity index (χ4v) is 1.60. The van der Waals surface area contributed by atoms with Gasteiger partial charge in [-0.15, -0.1) is 0 Å². The molecule has 0 amide bonds. The summed E-state index contributed by atoms with van der Waals surface area (Å²) in [5, 5.41) is 0. The van der Waals surface area contributed by atoms with E-state index in [9.17, 15) is 9.59 Å². The van der Waals surface area contributed by atoms with E-state index in [-0.39, 0.29) is 12.4 Å². The Morgan fingerprint density at radius 2 is 2.10 bits per heavy atom. The molecule has 0 radical (unpaired) electrons. The van der Waals surface area contributed by atoms with E-state index in [1.807, 2.05) is 0 Å². The summed E-state index contributed by atoms with van der Waals surface area (Å²) in [6, 6.07) is 0. The summed E-state index contributed by atoms with van der Waals surface area (Å²) in [7, 11) is 0. The minimum absolute atomic E-state index is 0.0626. The molecule has 1 aliphatic heterocycles. The van der Waals surface area contributed by atoms with Gasteiger partial charge in [-0.3, -0.25) is 9.59 Å². The molecule has 0 saturated heterocycles. The van der Waals surface area contributed by atoms with E-state index in [4.69, 9.17) is 14.2 Å². The zero-order valence-electron chi connectivity index (χ0n) is 12.8. The lowest BCUT2D eigenvalue weighted by Gasteiger charge is -2.16. The number of hydrogen-bond donors (Lipinski definition) is 0. The normalized spacial score (nSPS) is 17.4. The van der Waals surface area contributed by atoms with Crippen LogP contribution in [0, 0.1) is 0 Å². The van der Waals surface area contributed by atoms with Crippen LogP contribution >= 0.6 is 0 Å². The second-order valence-corrected chi connectivity index (χ2v) is 5.05. The Balaban J connectivity index is 2.39. The molecule has 5 heteroatoms. The summed E-state index contributed by atoms with van der Waals surface area (Å²) in [4.78, 5) is 22.3. The molecule has 114 valence electrons. The molecule has 1 aliphatic rings. The molecule has 0 aromatic heterocycles. The Labute approximate surface area is 124 Å². The fourth-order valence-electron chi connectivity index (χ4n) is 1.60. The minimum atomic E-state index is -0.798. The number of carbonyl (C=O) groups is 2. The largest absolute Gasteiger partial charge is 0.490 e. The molecule has 0 unspecified atom stereocenters. The maximum Gasteiger partial charge on any atom is 0.307 e. The first-order valence-electron chi connectivity index (χ1n) is 6.51. The number of esters is 1. The van der Waals surface area contributed by atoms with E-state index in [0.29, 0.717) is 17.3 Å². The third kappa shape index (κ3) is 5.69. The molecule has 0 saturated carbocycles. The van der Waals surface area contributed by atoms with Crippen LogP contribution in [-0.2, 0) is 23.8 Å². The zero-order chi connectivity index (χ0) is 16.0. The van der Waals surface area contributed by atoms with Crippen LogP contribution in [0.25, 0.3) is 0 Å². The highest BCUT2D eigenvalue weighted by atomic mass is 16.5. The van der Waals surface area contributed by atoms with Crippen LogP contribution in [0.2, 0.25) is 0 Å². The van der Waals surface area contributed by atoms with Crippen molar-refractivity contribution in [3.05, 3.63) is 48.2 Å². The standard InChI is InChI=1S/C16H20O5/c1-11(9-12(2)20-13(3)17)19-8-6-7-14-10-15(18)16(4,5)21-14/h6-7,9-10H,1,8H2,2-5H3/b7-6+,12-9+. The molecule has 0 aliphatic carbocycles. The first kappa shape index (κ1) is 16.8.